The van der Waals surface area contributed by atoms with Crippen LogP contribution in [0.2, 0.25) is 20.1 Å². The van der Waals surface area contributed by atoms with E-state index in [1.54, 1.807) is 35.2 Å². The van der Waals surface area contributed by atoms with Crippen LogP contribution in [0.15, 0.2) is 66.7 Å². The van der Waals surface area contributed by atoms with E-state index in [2.05, 4.69) is 5.32 Å². The lowest BCUT2D eigenvalue weighted by Crippen LogP contribution is -2.51. The Balaban J connectivity index is 1.87. The maximum atomic E-state index is 13.7. The van der Waals surface area contributed by atoms with Crippen LogP contribution in [0.1, 0.15) is 30.0 Å². The number of amides is 2. The molecule has 1 atom stereocenters. The molecular weight excluding hydrogens is 570 g/mol. The van der Waals surface area contributed by atoms with Gasteiger partial charge in [0, 0.05) is 45.4 Å². The average molecular weight is 598 g/mol. The largest absolute Gasteiger partial charge is 0.354 e. The molecule has 1 unspecified atom stereocenters. The lowest BCUT2D eigenvalue weighted by atomic mass is 10.0. The summed E-state index contributed by atoms with van der Waals surface area (Å²) in [6.07, 6.45) is 1.17. The molecule has 0 spiro atoms. The third-order valence-electron chi connectivity index (χ3n) is 5.67. The van der Waals surface area contributed by atoms with E-state index in [4.69, 9.17) is 46.4 Å². The highest BCUT2D eigenvalue weighted by Gasteiger charge is 2.30. The summed E-state index contributed by atoms with van der Waals surface area (Å²) in [5, 5.41) is 5.03. The standard InChI is InChI=1S/C28H28Cl4N2O2S/c1-2-12-33-28(36)26(13-19-6-4-3-5-7-19)34(16-20-8-10-22(29)14-24(20)31)27(35)18-37-17-21-9-11-23(30)15-25(21)32/h3-11,14-15,26H,2,12-13,16-18H2,1H3,(H,33,36). The molecule has 0 aromatic heterocycles. The highest BCUT2D eigenvalue weighted by molar-refractivity contribution is 7.99. The summed E-state index contributed by atoms with van der Waals surface area (Å²) in [5.74, 6) is 0.322. The van der Waals surface area contributed by atoms with Crippen molar-refractivity contribution < 1.29 is 9.59 Å². The number of hydrogen-bond acceptors (Lipinski definition) is 3. The molecule has 2 amide bonds. The second kappa shape index (κ2) is 14.9. The van der Waals surface area contributed by atoms with Gasteiger partial charge in [-0.2, -0.15) is 0 Å². The second-order valence-electron chi connectivity index (χ2n) is 8.48. The number of thioether (sulfide) groups is 1. The fourth-order valence-electron chi connectivity index (χ4n) is 3.72. The first-order chi connectivity index (χ1) is 17.8. The van der Waals surface area contributed by atoms with Gasteiger partial charge in [0.2, 0.25) is 11.8 Å². The van der Waals surface area contributed by atoms with Crippen LogP contribution in [0.4, 0.5) is 0 Å². The molecule has 0 aliphatic heterocycles. The Morgan fingerprint density at radius 3 is 2.11 bits per heavy atom. The van der Waals surface area contributed by atoms with Crippen LogP contribution in [0, 0.1) is 0 Å². The van der Waals surface area contributed by atoms with Crippen molar-refractivity contribution in [1.29, 1.82) is 0 Å². The average Bonchev–Trinajstić information content (AvgIpc) is 2.87. The van der Waals surface area contributed by atoms with Gasteiger partial charge in [-0.15, -0.1) is 11.8 Å². The number of benzene rings is 3. The zero-order valence-corrected chi connectivity index (χ0v) is 24.2. The van der Waals surface area contributed by atoms with Crippen molar-refractivity contribution in [1.82, 2.24) is 10.2 Å². The molecule has 4 nitrogen and oxygen atoms in total. The van der Waals surface area contributed by atoms with Crippen LogP contribution >= 0.6 is 58.2 Å². The molecule has 0 bridgehead atoms. The van der Waals surface area contributed by atoms with E-state index in [9.17, 15) is 9.59 Å². The van der Waals surface area contributed by atoms with Crippen molar-refractivity contribution in [3.8, 4) is 0 Å². The first kappa shape index (κ1) is 29.7. The van der Waals surface area contributed by atoms with Gasteiger partial charge in [-0.25, -0.2) is 0 Å². The van der Waals surface area contributed by atoms with Crippen molar-refractivity contribution in [2.45, 2.75) is 38.1 Å². The van der Waals surface area contributed by atoms with Gasteiger partial charge in [0.15, 0.2) is 0 Å². The van der Waals surface area contributed by atoms with Crippen molar-refractivity contribution in [2.24, 2.45) is 0 Å². The Kier molecular flexibility index (Phi) is 11.9. The Morgan fingerprint density at radius 1 is 0.892 bits per heavy atom. The smallest absolute Gasteiger partial charge is 0.243 e. The van der Waals surface area contributed by atoms with Gasteiger partial charge in [-0.3, -0.25) is 9.59 Å². The SMILES string of the molecule is CCCNC(=O)C(Cc1ccccc1)N(Cc1ccc(Cl)cc1Cl)C(=O)CSCc1ccc(Cl)cc1Cl. The van der Waals surface area contributed by atoms with E-state index in [1.807, 2.05) is 43.3 Å². The molecule has 0 saturated heterocycles. The lowest BCUT2D eigenvalue weighted by Gasteiger charge is -2.32. The molecule has 1 N–H and O–H groups in total. The molecule has 37 heavy (non-hydrogen) atoms. The molecule has 0 aliphatic carbocycles. The highest BCUT2D eigenvalue weighted by Crippen LogP contribution is 2.27. The maximum Gasteiger partial charge on any atom is 0.243 e. The van der Waals surface area contributed by atoms with Gasteiger partial charge >= 0.3 is 0 Å². The van der Waals surface area contributed by atoms with Crippen LogP contribution in [0.3, 0.4) is 0 Å². The van der Waals surface area contributed by atoms with E-state index in [0.29, 0.717) is 44.4 Å². The van der Waals surface area contributed by atoms with E-state index in [-0.39, 0.29) is 24.1 Å². The molecule has 0 fully saturated rings. The summed E-state index contributed by atoms with van der Waals surface area (Å²) >= 11 is 26.3. The molecule has 3 aromatic rings. The molecule has 196 valence electrons. The first-order valence-corrected chi connectivity index (χ1v) is 14.5. The van der Waals surface area contributed by atoms with Crippen LogP contribution in [-0.4, -0.2) is 35.1 Å². The molecule has 9 heteroatoms. The second-order valence-corrected chi connectivity index (χ2v) is 11.2. The molecule has 0 saturated carbocycles. The van der Waals surface area contributed by atoms with Gasteiger partial charge in [0.1, 0.15) is 6.04 Å². The summed E-state index contributed by atoms with van der Waals surface area (Å²) in [4.78, 5) is 28.6. The minimum atomic E-state index is -0.715. The minimum Gasteiger partial charge on any atom is -0.354 e. The predicted octanol–water partition coefficient (Wildman–Crippen LogP) is 7.70. The van der Waals surface area contributed by atoms with Crippen molar-refractivity contribution in [2.75, 3.05) is 12.3 Å². The highest BCUT2D eigenvalue weighted by atomic mass is 35.5. The number of hydrogen-bond donors (Lipinski definition) is 1. The van der Waals surface area contributed by atoms with Gasteiger partial charge in [-0.1, -0.05) is 95.8 Å². The fourth-order valence-corrected chi connectivity index (χ4v) is 5.66. The van der Waals surface area contributed by atoms with Crippen molar-refractivity contribution >= 4 is 70.0 Å². The Morgan fingerprint density at radius 2 is 1.51 bits per heavy atom. The Bertz CT molecular complexity index is 1210. The van der Waals surface area contributed by atoms with Crippen LogP contribution < -0.4 is 5.32 Å². The number of nitrogens with zero attached hydrogens (tertiary/aromatic N) is 1. The van der Waals surface area contributed by atoms with E-state index >= 15 is 0 Å². The van der Waals surface area contributed by atoms with Crippen molar-refractivity contribution in [3.05, 3.63) is 104 Å². The lowest BCUT2D eigenvalue weighted by molar-refractivity contribution is -0.139. The monoisotopic (exact) mass is 596 g/mol. The van der Waals surface area contributed by atoms with Gasteiger partial charge in [0.25, 0.3) is 0 Å². The van der Waals surface area contributed by atoms with E-state index < -0.39 is 6.04 Å². The van der Waals surface area contributed by atoms with E-state index in [0.717, 1.165) is 17.5 Å². The topological polar surface area (TPSA) is 49.4 Å². The zero-order valence-electron chi connectivity index (χ0n) is 20.4. The molecule has 0 aliphatic rings. The number of rotatable bonds is 12. The third kappa shape index (κ3) is 9.12. The minimum absolute atomic E-state index is 0.163. The summed E-state index contributed by atoms with van der Waals surface area (Å²) in [6.45, 7) is 2.69. The quantitative estimate of drug-likeness (QED) is 0.233. The Hall–Kier alpha value is -1.89. The van der Waals surface area contributed by atoms with Gasteiger partial charge in [-0.05, 0) is 47.4 Å². The predicted molar refractivity (Wildman–Crippen MR) is 157 cm³/mol. The van der Waals surface area contributed by atoms with E-state index in [1.165, 1.54) is 11.8 Å². The van der Waals surface area contributed by atoms with Crippen LogP contribution in [-0.2, 0) is 28.3 Å². The number of halogens is 4. The molecular formula is C28H28Cl4N2O2S. The summed E-state index contributed by atoms with van der Waals surface area (Å²) < 4.78 is 0. The van der Waals surface area contributed by atoms with Crippen LogP contribution in [0.25, 0.3) is 0 Å². The third-order valence-corrected chi connectivity index (χ3v) is 7.81. The maximum absolute atomic E-state index is 13.7. The van der Waals surface area contributed by atoms with Gasteiger partial charge < -0.3 is 10.2 Å². The summed E-state index contributed by atoms with van der Waals surface area (Å²) in [7, 11) is 0. The number of carbonyl (C=O) groups excluding carboxylic acids is 2. The van der Waals surface area contributed by atoms with Crippen molar-refractivity contribution in [3.63, 3.8) is 0 Å². The summed E-state index contributed by atoms with van der Waals surface area (Å²) in [6, 6.07) is 19.4. The molecule has 0 heterocycles. The molecule has 0 radical (unpaired) electrons. The fraction of sp³-hybridized carbons (Fsp3) is 0.286. The molecule has 3 aromatic carbocycles. The van der Waals surface area contributed by atoms with Crippen LogP contribution in [0.5, 0.6) is 0 Å². The first-order valence-electron chi connectivity index (χ1n) is 11.8. The van der Waals surface area contributed by atoms with Gasteiger partial charge in [0.05, 0.1) is 5.75 Å². The Labute approximate surface area is 242 Å². The normalized spacial score (nSPS) is 11.7. The summed E-state index contributed by atoms with van der Waals surface area (Å²) in [5.41, 5.74) is 2.56. The number of carbonyl (C=O) groups is 2. The molecule has 3 rings (SSSR count). The zero-order chi connectivity index (χ0) is 26.8. The number of nitrogens with one attached hydrogen (secondary N) is 1.